The molecule has 0 aromatic carbocycles. The first-order valence-corrected chi connectivity index (χ1v) is 3.67. The van der Waals surface area contributed by atoms with E-state index >= 15 is 0 Å². The third kappa shape index (κ3) is 8.10. The molecule has 0 fully saturated rings. The molecule has 0 aromatic rings. The average Bonchev–Trinajstić information content (AvgIpc) is 2.20. The van der Waals surface area contributed by atoms with Crippen molar-refractivity contribution in [3.63, 3.8) is 0 Å². The van der Waals surface area contributed by atoms with Gasteiger partial charge in [0.15, 0.2) is 0 Å². The molecule has 0 rings (SSSR count). The fraction of sp³-hybridized carbons (Fsp3) is 0.333. The molecule has 0 atom stereocenters. The quantitative estimate of drug-likeness (QED) is 0.189. The maximum Gasteiger partial charge on any atom is 0.346 e. The molecule has 10 nitrogen and oxygen atoms in total. The van der Waals surface area contributed by atoms with Crippen LogP contribution in [0.15, 0.2) is 12.2 Å². The van der Waals surface area contributed by atoms with Gasteiger partial charge in [0.1, 0.15) is 0 Å². The zero-order chi connectivity index (χ0) is 12.6. The second kappa shape index (κ2) is 6.86. The van der Waals surface area contributed by atoms with E-state index in [2.05, 4.69) is 9.47 Å². The van der Waals surface area contributed by atoms with Crippen molar-refractivity contribution in [2.24, 2.45) is 0 Å². The highest BCUT2D eigenvalue weighted by molar-refractivity contribution is 5.91. The van der Waals surface area contributed by atoms with Crippen LogP contribution in [-0.4, -0.2) is 35.2 Å². The lowest BCUT2D eigenvalue weighted by Crippen LogP contribution is -2.12. The second-order valence-corrected chi connectivity index (χ2v) is 2.18. The van der Waals surface area contributed by atoms with E-state index < -0.39 is 35.2 Å². The van der Waals surface area contributed by atoms with Gasteiger partial charge < -0.3 is 9.47 Å². The van der Waals surface area contributed by atoms with Crippen LogP contribution in [-0.2, 0) is 19.1 Å². The average molecular weight is 234 g/mol. The molecule has 16 heavy (non-hydrogen) atoms. The van der Waals surface area contributed by atoms with Crippen molar-refractivity contribution in [3.05, 3.63) is 32.4 Å². The predicted molar refractivity (Wildman–Crippen MR) is 45.0 cm³/mol. The van der Waals surface area contributed by atoms with Gasteiger partial charge in [-0.2, -0.15) is 0 Å². The Kier molecular flexibility index (Phi) is 5.78. The highest BCUT2D eigenvalue weighted by Gasteiger charge is 2.05. The molecule has 0 heterocycles. The van der Waals surface area contributed by atoms with E-state index in [1.807, 2.05) is 0 Å². The molecule has 0 amide bonds. The van der Waals surface area contributed by atoms with Crippen LogP contribution in [0.4, 0.5) is 0 Å². The van der Waals surface area contributed by atoms with E-state index in [1.54, 1.807) is 0 Å². The summed E-state index contributed by atoms with van der Waals surface area (Å²) in [4.78, 5) is 39.0. The van der Waals surface area contributed by atoms with Crippen LogP contribution in [0.2, 0.25) is 0 Å². The van der Waals surface area contributed by atoms with Crippen molar-refractivity contribution in [2.75, 3.05) is 13.5 Å². The Bertz CT molecular complexity index is 303. The Hall–Kier alpha value is -2.52. The summed E-state index contributed by atoms with van der Waals surface area (Å²) in [6.45, 7) is -2.07. The normalized spacial score (nSPS) is 9.75. The van der Waals surface area contributed by atoms with E-state index in [4.69, 9.17) is 0 Å². The third-order valence-corrected chi connectivity index (χ3v) is 0.980. The Balaban J connectivity index is 3.88. The van der Waals surface area contributed by atoms with Gasteiger partial charge in [-0.25, -0.2) is 9.59 Å². The second-order valence-electron chi connectivity index (χ2n) is 2.18. The molecule has 88 valence electrons. The molecule has 10 heteroatoms. The Morgan fingerprint density at radius 3 is 1.50 bits per heavy atom. The van der Waals surface area contributed by atoms with E-state index in [0.29, 0.717) is 12.2 Å². The summed E-state index contributed by atoms with van der Waals surface area (Å²) in [7, 11) is 0. The Labute approximate surface area is 87.7 Å². The molecule has 0 radical (unpaired) electrons. The summed E-state index contributed by atoms with van der Waals surface area (Å²) < 4.78 is 8.03. The number of nitrogens with zero attached hydrogens (tertiary/aromatic N) is 2. The predicted octanol–water partition coefficient (Wildman–Crippen LogP) is -0.903. The van der Waals surface area contributed by atoms with Crippen molar-refractivity contribution < 1.29 is 28.9 Å². The molecule has 0 N–H and O–H groups in total. The van der Waals surface area contributed by atoms with E-state index in [-0.39, 0.29) is 0 Å². The van der Waals surface area contributed by atoms with E-state index in [0.717, 1.165) is 0 Å². The molecule has 0 saturated carbocycles. The standard InChI is InChI=1S/C6H6N2O8/c9-5(15-3-7(11)12)1-2-6(10)16-4-8(13)14/h1-2H,3-4H2/b2-1-. The van der Waals surface area contributed by atoms with Gasteiger partial charge in [0.25, 0.3) is 0 Å². The largest absolute Gasteiger partial charge is 0.397 e. The monoisotopic (exact) mass is 234 g/mol. The number of ether oxygens (including phenoxy) is 2. The topological polar surface area (TPSA) is 139 Å². The van der Waals surface area contributed by atoms with Crippen LogP contribution < -0.4 is 0 Å². The number of carbonyl (C=O) groups is 2. The van der Waals surface area contributed by atoms with Crippen molar-refractivity contribution >= 4 is 11.9 Å². The van der Waals surface area contributed by atoms with Crippen molar-refractivity contribution in [1.82, 2.24) is 0 Å². The van der Waals surface area contributed by atoms with Gasteiger partial charge in [0, 0.05) is 12.2 Å². The number of carbonyl (C=O) groups excluding carboxylic acids is 2. The van der Waals surface area contributed by atoms with Crippen LogP contribution in [0.5, 0.6) is 0 Å². The van der Waals surface area contributed by atoms with Gasteiger partial charge in [0.2, 0.25) is 0 Å². The zero-order valence-corrected chi connectivity index (χ0v) is 7.73. The lowest BCUT2D eigenvalue weighted by atomic mass is 10.5. The fourth-order valence-corrected chi connectivity index (χ4v) is 0.465. The Morgan fingerprint density at radius 1 is 0.938 bits per heavy atom. The van der Waals surface area contributed by atoms with Gasteiger partial charge in [-0.3, -0.25) is 20.2 Å². The summed E-state index contributed by atoms with van der Waals surface area (Å²) in [5.74, 6) is -2.26. The van der Waals surface area contributed by atoms with E-state index in [9.17, 15) is 29.8 Å². The molecule has 0 spiro atoms. The lowest BCUT2D eigenvalue weighted by molar-refractivity contribution is -0.519. The number of hydrogen-bond donors (Lipinski definition) is 0. The minimum absolute atomic E-state index is 0.561. The first kappa shape index (κ1) is 13.5. The van der Waals surface area contributed by atoms with Crippen molar-refractivity contribution in [3.8, 4) is 0 Å². The number of nitro groups is 2. The van der Waals surface area contributed by atoms with Crippen LogP contribution in [0.25, 0.3) is 0 Å². The number of esters is 2. The minimum atomic E-state index is -1.13. The highest BCUT2D eigenvalue weighted by Crippen LogP contribution is 1.86. The molecule has 0 aliphatic carbocycles. The summed E-state index contributed by atoms with van der Waals surface area (Å²) >= 11 is 0. The van der Waals surface area contributed by atoms with Crippen LogP contribution in [0, 0.1) is 20.2 Å². The number of hydrogen-bond acceptors (Lipinski definition) is 8. The lowest BCUT2D eigenvalue weighted by Gasteiger charge is -1.95. The van der Waals surface area contributed by atoms with Gasteiger partial charge in [0.05, 0.1) is 9.85 Å². The van der Waals surface area contributed by atoms with Crippen molar-refractivity contribution in [2.45, 2.75) is 0 Å². The van der Waals surface area contributed by atoms with Crippen LogP contribution in [0.1, 0.15) is 0 Å². The summed E-state index contributed by atoms with van der Waals surface area (Å²) in [6.07, 6.45) is 1.12. The highest BCUT2D eigenvalue weighted by atomic mass is 16.7. The van der Waals surface area contributed by atoms with E-state index in [1.165, 1.54) is 0 Å². The summed E-state index contributed by atoms with van der Waals surface area (Å²) in [6, 6.07) is 0. The molecule has 0 aliphatic heterocycles. The molecular weight excluding hydrogens is 228 g/mol. The Morgan fingerprint density at radius 2 is 1.25 bits per heavy atom. The third-order valence-electron chi connectivity index (χ3n) is 0.980. The summed E-state index contributed by atoms with van der Waals surface area (Å²) in [5, 5.41) is 19.5. The number of rotatable bonds is 6. The summed E-state index contributed by atoms with van der Waals surface area (Å²) in [5.41, 5.74) is 0. The molecule has 0 unspecified atom stereocenters. The van der Waals surface area contributed by atoms with Crippen molar-refractivity contribution in [1.29, 1.82) is 0 Å². The first-order chi connectivity index (χ1) is 7.41. The van der Waals surface area contributed by atoms with Crippen LogP contribution in [0.3, 0.4) is 0 Å². The fourth-order valence-electron chi connectivity index (χ4n) is 0.465. The zero-order valence-electron chi connectivity index (χ0n) is 7.73. The van der Waals surface area contributed by atoms with Gasteiger partial charge >= 0.3 is 25.4 Å². The smallest absolute Gasteiger partial charge is 0.346 e. The van der Waals surface area contributed by atoms with Crippen LogP contribution >= 0.6 is 0 Å². The molecule has 0 bridgehead atoms. The molecule has 0 aliphatic rings. The molecular formula is C6H6N2O8. The van der Waals surface area contributed by atoms with Gasteiger partial charge in [-0.15, -0.1) is 0 Å². The van der Waals surface area contributed by atoms with Gasteiger partial charge in [-0.1, -0.05) is 0 Å². The maximum atomic E-state index is 10.6. The minimum Gasteiger partial charge on any atom is -0.397 e. The molecule has 0 saturated heterocycles. The van der Waals surface area contributed by atoms with Gasteiger partial charge in [-0.05, 0) is 0 Å². The SMILES string of the molecule is O=C(/C=C\C(=O)OC[N+](=O)[O-])OC[N+](=O)[O-]. The first-order valence-electron chi connectivity index (χ1n) is 3.67. The molecule has 0 aromatic heterocycles. The maximum absolute atomic E-state index is 10.6.